The Hall–Kier alpha value is -6.23. The van der Waals surface area contributed by atoms with Gasteiger partial charge in [-0.15, -0.1) is 64.5 Å². The first-order valence-electron chi connectivity index (χ1n) is 22.1. The first kappa shape index (κ1) is 44.4. The second kappa shape index (κ2) is 18.9. The maximum atomic E-state index is 5.24. The van der Waals surface area contributed by atoms with E-state index in [1.165, 1.54) is 65.8 Å². The molecule has 0 fully saturated rings. The summed E-state index contributed by atoms with van der Waals surface area (Å²) in [7, 11) is -1.29. The van der Waals surface area contributed by atoms with E-state index in [4.69, 9.17) is 4.98 Å². The molecule has 0 N–H and O–H groups in total. The minimum absolute atomic E-state index is 0. The van der Waals surface area contributed by atoms with Gasteiger partial charge in [-0.3, -0.25) is 4.98 Å². The zero-order valence-electron chi connectivity index (χ0n) is 37.7. The van der Waals surface area contributed by atoms with E-state index in [0.717, 1.165) is 33.7 Å². The maximum Gasteiger partial charge on any atom is 0.0795 e. The normalized spacial score (nSPS) is 11.5. The van der Waals surface area contributed by atoms with Crippen molar-refractivity contribution in [3.05, 3.63) is 205 Å². The predicted molar refractivity (Wildman–Crippen MR) is 271 cm³/mol. The van der Waals surface area contributed by atoms with E-state index in [1.54, 1.807) is 0 Å². The van der Waals surface area contributed by atoms with Crippen molar-refractivity contribution in [2.45, 2.75) is 59.2 Å². The van der Waals surface area contributed by atoms with Gasteiger partial charge in [0.15, 0.2) is 0 Å². The van der Waals surface area contributed by atoms with Crippen LogP contribution in [0.3, 0.4) is 0 Å². The molecular weight excluding hydrogens is 971 g/mol. The van der Waals surface area contributed by atoms with Gasteiger partial charge in [0.25, 0.3) is 0 Å². The fraction of sp³-hybridized carbons (Fsp3) is 0.153. The Labute approximate surface area is 393 Å². The molecule has 2 aromatic heterocycles. The molecule has 8 aromatic carbocycles. The van der Waals surface area contributed by atoms with Gasteiger partial charge in [-0.2, -0.15) is 0 Å². The number of nitrogens with zero attached hydrogens (tertiary/aromatic N) is 3. The summed E-state index contributed by atoms with van der Waals surface area (Å²) in [5, 5.41) is 6.30. The SMILES string of the molecule is CC(C)c1cc(-c2ccccc2)cc(C(C)C)c1-n1c(-c2[c-]cc3c(ccc4ccccc43)c2)nc2ccccc21.C[Si](C)(C)c1ccc(-c2[c-]ccc(-c3ccccc3)c2)nc1.[Ir]. The summed E-state index contributed by atoms with van der Waals surface area (Å²) in [6.07, 6.45) is 2.03. The first-order chi connectivity index (χ1) is 30.5. The maximum absolute atomic E-state index is 5.24. The van der Waals surface area contributed by atoms with Gasteiger partial charge in [-0.1, -0.05) is 179 Å². The van der Waals surface area contributed by atoms with Crippen LogP contribution in [0.15, 0.2) is 182 Å². The summed E-state index contributed by atoms with van der Waals surface area (Å²) in [6.45, 7) is 16.2. The van der Waals surface area contributed by atoms with Crippen molar-refractivity contribution < 1.29 is 20.1 Å². The predicted octanol–water partition coefficient (Wildman–Crippen LogP) is 15.5. The number of hydrogen-bond donors (Lipinski definition) is 0. The van der Waals surface area contributed by atoms with Crippen molar-refractivity contribution in [1.82, 2.24) is 14.5 Å². The molecule has 10 aromatic rings. The molecule has 0 saturated carbocycles. The Morgan fingerprint density at radius 2 is 1.16 bits per heavy atom. The van der Waals surface area contributed by atoms with Crippen LogP contribution in [0.2, 0.25) is 19.6 Å². The van der Waals surface area contributed by atoms with E-state index in [1.807, 2.05) is 18.3 Å². The largest absolute Gasteiger partial charge is 0.333 e. The molecule has 0 aliphatic rings. The van der Waals surface area contributed by atoms with E-state index in [2.05, 4.69) is 233 Å². The summed E-state index contributed by atoms with van der Waals surface area (Å²) >= 11 is 0. The molecule has 319 valence electrons. The minimum Gasteiger partial charge on any atom is -0.333 e. The van der Waals surface area contributed by atoms with Crippen LogP contribution in [0.1, 0.15) is 50.7 Å². The summed E-state index contributed by atoms with van der Waals surface area (Å²) in [4.78, 5) is 9.90. The minimum atomic E-state index is -1.29. The van der Waals surface area contributed by atoms with Crippen molar-refractivity contribution in [3.8, 4) is 50.6 Å². The molecule has 5 heteroatoms. The molecule has 0 unspecified atom stereocenters. The topological polar surface area (TPSA) is 30.7 Å². The molecule has 64 heavy (non-hydrogen) atoms. The molecule has 10 rings (SSSR count). The van der Waals surface area contributed by atoms with Crippen LogP contribution in [-0.4, -0.2) is 22.6 Å². The Morgan fingerprint density at radius 1 is 0.531 bits per heavy atom. The number of imidazole rings is 1. The van der Waals surface area contributed by atoms with Crippen LogP contribution in [0, 0.1) is 12.1 Å². The molecule has 0 aliphatic carbocycles. The van der Waals surface area contributed by atoms with Crippen molar-refractivity contribution in [1.29, 1.82) is 0 Å². The standard InChI is InChI=1S/C39H33N2.C20H20NSi.Ir/c1-25(2)34-23-31(27-12-6-5-7-13-27)24-35(26(3)4)38(34)41-37-17-11-10-16-36(37)40-39(41)30-20-21-33-29(22-30)19-18-28-14-8-9-15-32(28)33;1-22(2,3)19-12-13-20(21-15-19)18-11-7-10-17(14-18)16-8-5-4-6-9-16;/h5-19,21-26H,1-4H3;4-10,12-15H,1-3H3;/q2*-1;. The molecule has 0 saturated heterocycles. The van der Waals surface area contributed by atoms with Crippen LogP contribution >= 0.6 is 0 Å². The smallest absolute Gasteiger partial charge is 0.0795 e. The second-order valence-electron chi connectivity index (χ2n) is 18.1. The Balaban J connectivity index is 0.000000206. The number of benzene rings is 8. The Bertz CT molecular complexity index is 3170. The van der Waals surface area contributed by atoms with E-state index in [-0.39, 0.29) is 20.1 Å². The fourth-order valence-electron chi connectivity index (χ4n) is 8.55. The average molecular weight is 1020 g/mol. The molecule has 0 amide bonds. The van der Waals surface area contributed by atoms with Crippen molar-refractivity contribution >= 4 is 45.8 Å². The summed E-state index contributed by atoms with van der Waals surface area (Å²) < 4.78 is 2.40. The van der Waals surface area contributed by atoms with Crippen LogP contribution in [0.25, 0.3) is 83.2 Å². The van der Waals surface area contributed by atoms with E-state index >= 15 is 0 Å². The monoisotopic (exact) mass is 1020 g/mol. The third-order valence-corrected chi connectivity index (χ3v) is 14.1. The fourth-order valence-corrected chi connectivity index (χ4v) is 9.58. The van der Waals surface area contributed by atoms with Crippen LogP contribution in [-0.2, 0) is 20.1 Å². The van der Waals surface area contributed by atoms with E-state index in [0.29, 0.717) is 11.8 Å². The summed E-state index contributed by atoms with van der Waals surface area (Å²) in [5.74, 6) is 1.58. The van der Waals surface area contributed by atoms with Crippen molar-refractivity contribution in [2.75, 3.05) is 0 Å². The van der Waals surface area contributed by atoms with Gasteiger partial charge in [0.1, 0.15) is 0 Å². The second-order valence-corrected chi connectivity index (χ2v) is 23.2. The molecule has 0 aliphatic heterocycles. The van der Waals surface area contributed by atoms with Gasteiger partial charge < -0.3 is 9.55 Å². The van der Waals surface area contributed by atoms with Gasteiger partial charge >= 0.3 is 0 Å². The number of pyridine rings is 1. The molecule has 0 atom stereocenters. The summed E-state index contributed by atoms with van der Waals surface area (Å²) in [6, 6.07) is 69.3. The molecular formula is C59H53IrN3Si-2. The zero-order valence-corrected chi connectivity index (χ0v) is 41.0. The van der Waals surface area contributed by atoms with Crippen LogP contribution in [0.5, 0.6) is 0 Å². The molecule has 3 nitrogen and oxygen atoms in total. The third kappa shape index (κ3) is 9.07. The van der Waals surface area contributed by atoms with E-state index in [9.17, 15) is 0 Å². The number of para-hydroxylation sites is 2. The Morgan fingerprint density at radius 3 is 1.81 bits per heavy atom. The quantitative estimate of drug-likeness (QED) is 0.0863. The average Bonchev–Trinajstić information content (AvgIpc) is 3.71. The number of rotatable bonds is 8. The molecule has 1 radical (unpaired) electrons. The van der Waals surface area contributed by atoms with E-state index < -0.39 is 8.07 Å². The first-order valence-corrected chi connectivity index (χ1v) is 25.6. The number of hydrogen-bond acceptors (Lipinski definition) is 2. The van der Waals surface area contributed by atoms with Crippen LogP contribution in [0.4, 0.5) is 0 Å². The van der Waals surface area contributed by atoms with Gasteiger partial charge in [-0.05, 0) is 80.2 Å². The van der Waals surface area contributed by atoms with Gasteiger partial charge in [0, 0.05) is 32.0 Å². The zero-order chi connectivity index (χ0) is 43.7. The van der Waals surface area contributed by atoms with Crippen LogP contribution < -0.4 is 5.19 Å². The van der Waals surface area contributed by atoms with Gasteiger partial charge in [0.2, 0.25) is 0 Å². The molecule has 0 bridgehead atoms. The molecule has 0 spiro atoms. The van der Waals surface area contributed by atoms with Gasteiger partial charge in [0.05, 0.1) is 24.9 Å². The molecule has 2 heterocycles. The third-order valence-electron chi connectivity index (χ3n) is 12.0. The van der Waals surface area contributed by atoms with Crippen molar-refractivity contribution in [2.24, 2.45) is 0 Å². The number of fused-ring (bicyclic) bond motifs is 4. The Kier molecular flexibility index (Phi) is 13.1. The number of aromatic nitrogens is 3. The summed E-state index contributed by atoms with van der Waals surface area (Å²) in [5.41, 5.74) is 14.0. The van der Waals surface area contributed by atoms with Gasteiger partial charge in [-0.25, -0.2) is 0 Å². The van der Waals surface area contributed by atoms with Crippen molar-refractivity contribution in [3.63, 3.8) is 0 Å².